The lowest BCUT2D eigenvalue weighted by molar-refractivity contribution is 0.0935. The van der Waals surface area contributed by atoms with Crippen LogP contribution in [0, 0.1) is 5.82 Å². The quantitative estimate of drug-likeness (QED) is 0.888. The molecule has 0 saturated carbocycles. The highest BCUT2D eigenvalue weighted by Gasteiger charge is 2.13. The summed E-state index contributed by atoms with van der Waals surface area (Å²) in [6.45, 7) is 4.55. The largest absolute Gasteiger partial charge is 0.370 e. The Morgan fingerprint density at radius 3 is 2.62 bits per heavy atom. The normalized spacial score (nSPS) is 11.8. The Hall–Kier alpha value is -2.43. The number of nitrogens with one attached hydrogen (secondary N) is 2. The van der Waals surface area contributed by atoms with E-state index >= 15 is 0 Å². The van der Waals surface area contributed by atoms with E-state index in [1.165, 1.54) is 12.1 Å². The number of carbonyl (C=O) groups is 1. The van der Waals surface area contributed by atoms with Gasteiger partial charge in [-0.3, -0.25) is 4.79 Å². The molecule has 0 aliphatic carbocycles. The summed E-state index contributed by atoms with van der Waals surface area (Å²) in [4.78, 5) is 16.4. The van der Waals surface area contributed by atoms with Crippen molar-refractivity contribution < 1.29 is 9.18 Å². The number of aromatic nitrogens is 1. The van der Waals surface area contributed by atoms with Gasteiger partial charge in [-0.2, -0.15) is 0 Å². The maximum absolute atomic E-state index is 12.9. The molecule has 2 N–H and O–H groups in total. The van der Waals surface area contributed by atoms with Crippen molar-refractivity contribution in [1.82, 2.24) is 10.3 Å². The minimum Gasteiger partial charge on any atom is -0.370 e. The van der Waals surface area contributed by atoms with E-state index < -0.39 is 0 Å². The Morgan fingerprint density at radius 1 is 1.24 bits per heavy atom. The van der Waals surface area contributed by atoms with Gasteiger partial charge in [0.05, 0.1) is 6.04 Å². The molecule has 1 amide bonds. The second-order valence-corrected chi connectivity index (χ2v) is 4.69. The second-order valence-electron chi connectivity index (χ2n) is 4.69. The number of anilines is 1. The van der Waals surface area contributed by atoms with Crippen LogP contribution in [-0.4, -0.2) is 17.4 Å². The van der Waals surface area contributed by atoms with E-state index in [1.807, 2.05) is 19.9 Å². The number of benzene rings is 1. The van der Waals surface area contributed by atoms with Gasteiger partial charge in [0, 0.05) is 6.54 Å². The summed E-state index contributed by atoms with van der Waals surface area (Å²) < 4.78 is 12.9. The fraction of sp³-hybridized carbons (Fsp3) is 0.250. The van der Waals surface area contributed by atoms with Gasteiger partial charge in [-0.05, 0) is 43.7 Å². The van der Waals surface area contributed by atoms with Crippen molar-refractivity contribution in [1.29, 1.82) is 0 Å². The zero-order chi connectivity index (χ0) is 15.2. The van der Waals surface area contributed by atoms with E-state index in [0.29, 0.717) is 11.5 Å². The van der Waals surface area contributed by atoms with Gasteiger partial charge >= 0.3 is 0 Å². The van der Waals surface area contributed by atoms with Gasteiger partial charge in [0.15, 0.2) is 0 Å². The van der Waals surface area contributed by atoms with Crippen LogP contribution >= 0.6 is 0 Å². The summed E-state index contributed by atoms with van der Waals surface area (Å²) >= 11 is 0. The van der Waals surface area contributed by atoms with Crippen LogP contribution in [0.2, 0.25) is 0 Å². The molecule has 0 aliphatic rings. The Kier molecular flexibility index (Phi) is 4.87. The van der Waals surface area contributed by atoms with Crippen molar-refractivity contribution in [2.24, 2.45) is 0 Å². The number of halogens is 1. The standard InChI is InChI=1S/C16H18FN3O/c1-3-18-15-6-4-5-14(20-15)16(21)19-11(2)12-7-9-13(17)10-8-12/h4-11H,3H2,1-2H3,(H,18,20)(H,19,21). The predicted octanol–water partition coefficient (Wildman–Crippen LogP) is 3.14. The predicted molar refractivity (Wildman–Crippen MR) is 80.7 cm³/mol. The van der Waals surface area contributed by atoms with Gasteiger partial charge < -0.3 is 10.6 Å². The molecule has 2 aromatic rings. The molecule has 0 spiro atoms. The summed E-state index contributed by atoms with van der Waals surface area (Å²) in [5.74, 6) is 0.114. The molecule has 1 unspecified atom stereocenters. The first-order valence-electron chi connectivity index (χ1n) is 6.87. The molecule has 5 heteroatoms. The highest BCUT2D eigenvalue weighted by Crippen LogP contribution is 2.14. The molecule has 4 nitrogen and oxygen atoms in total. The van der Waals surface area contributed by atoms with Gasteiger partial charge in [-0.15, -0.1) is 0 Å². The number of nitrogens with zero attached hydrogens (tertiary/aromatic N) is 1. The van der Waals surface area contributed by atoms with Gasteiger partial charge in [0.25, 0.3) is 5.91 Å². The van der Waals surface area contributed by atoms with Gasteiger partial charge in [-0.1, -0.05) is 18.2 Å². The van der Waals surface area contributed by atoms with E-state index in [0.717, 1.165) is 12.1 Å². The van der Waals surface area contributed by atoms with Gasteiger partial charge in [0.2, 0.25) is 0 Å². The monoisotopic (exact) mass is 287 g/mol. The van der Waals surface area contributed by atoms with Crippen molar-refractivity contribution in [3.8, 4) is 0 Å². The minimum absolute atomic E-state index is 0.220. The van der Waals surface area contributed by atoms with Crippen LogP contribution in [0.15, 0.2) is 42.5 Å². The van der Waals surface area contributed by atoms with Crippen molar-refractivity contribution in [3.63, 3.8) is 0 Å². The number of hydrogen-bond acceptors (Lipinski definition) is 3. The van der Waals surface area contributed by atoms with Crippen LogP contribution in [0.5, 0.6) is 0 Å². The number of carbonyl (C=O) groups excluding carboxylic acids is 1. The van der Waals surface area contributed by atoms with Crippen LogP contribution in [-0.2, 0) is 0 Å². The lowest BCUT2D eigenvalue weighted by atomic mass is 10.1. The summed E-state index contributed by atoms with van der Waals surface area (Å²) in [7, 11) is 0. The maximum atomic E-state index is 12.9. The Morgan fingerprint density at radius 2 is 1.95 bits per heavy atom. The highest BCUT2D eigenvalue weighted by molar-refractivity contribution is 5.92. The van der Waals surface area contributed by atoms with Crippen LogP contribution in [0.25, 0.3) is 0 Å². The van der Waals surface area contributed by atoms with E-state index in [2.05, 4.69) is 15.6 Å². The van der Waals surface area contributed by atoms with Gasteiger partial charge in [0.1, 0.15) is 17.3 Å². The topological polar surface area (TPSA) is 54.0 Å². The van der Waals surface area contributed by atoms with Crippen molar-refractivity contribution >= 4 is 11.7 Å². The summed E-state index contributed by atoms with van der Waals surface area (Å²) in [6.07, 6.45) is 0. The first-order chi connectivity index (χ1) is 10.1. The zero-order valence-corrected chi connectivity index (χ0v) is 12.1. The molecular formula is C16H18FN3O. The summed E-state index contributed by atoms with van der Waals surface area (Å²) in [5, 5.41) is 5.91. The van der Waals surface area contributed by atoms with E-state index in [4.69, 9.17) is 0 Å². The molecule has 0 fully saturated rings. The summed E-state index contributed by atoms with van der Waals surface area (Å²) in [6, 6.07) is 11.1. The Labute approximate surface area is 123 Å². The summed E-state index contributed by atoms with van der Waals surface area (Å²) in [5.41, 5.74) is 1.19. The molecule has 0 saturated heterocycles. The smallest absolute Gasteiger partial charge is 0.270 e. The average Bonchev–Trinajstić information content (AvgIpc) is 2.48. The first-order valence-corrected chi connectivity index (χ1v) is 6.87. The third-order valence-corrected chi connectivity index (χ3v) is 3.06. The lowest BCUT2D eigenvalue weighted by Crippen LogP contribution is -2.27. The van der Waals surface area contributed by atoms with E-state index in [-0.39, 0.29) is 17.8 Å². The molecule has 21 heavy (non-hydrogen) atoms. The average molecular weight is 287 g/mol. The molecule has 1 atom stereocenters. The highest BCUT2D eigenvalue weighted by atomic mass is 19.1. The number of amides is 1. The zero-order valence-electron chi connectivity index (χ0n) is 12.1. The first kappa shape index (κ1) is 15.0. The molecular weight excluding hydrogens is 269 g/mol. The van der Waals surface area contributed by atoms with Crippen molar-refractivity contribution in [3.05, 3.63) is 59.5 Å². The van der Waals surface area contributed by atoms with Crippen LogP contribution in [0.3, 0.4) is 0 Å². The number of pyridine rings is 1. The molecule has 110 valence electrons. The Bertz CT molecular complexity index is 613. The molecule has 1 aromatic carbocycles. The van der Waals surface area contributed by atoms with E-state index in [9.17, 15) is 9.18 Å². The third kappa shape index (κ3) is 4.02. The molecule has 1 aromatic heterocycles. The van der Waals surface area contributed by atoms with Crippen LogP contribution < -0.4 is 10.6 Å². The SMILES string of the molecule is CCNc1cccc(C(=O)NC(C)c2ccc(F)cc2)n1. The van der Waals surface area contributed by atoms with Crippen LogP contribution in [0.1, 0.15) is 35.9 Å². The fourth-order valence-electron chi connectivity index (χ4n) is 1.95. The molecule has 0 radical (unpaired) electrons. The molecule has 0 aliphatic heterocycles. The lowest BCUT2D eigenvalue weighted by Gasteiger charge is -2.14. The van der Waals surface area contributed by atoms with E-state index in [1.54, 1.807) is 24.3 Å². The second kappa shape index (κ2) is 6.83. The van der Waals surface area contributed by atoms with Gasteiger partial charge in [-0.25, -0.2) is 9.37 Å². The van der Waals surface area contributed by atoms with Crippen LogP contribution in [0.4, 0.5) is 10.2 Å². The maximum Gasteiger partial charge on any atom is 0.270 e. The number of hydrogen-bond donors (Lipinski definition) is 2. The number of rotatable bonds is 5. The third-order valence-electron chi connectivity index (χ3n) is 3.06. The van der Waals surface area contributed by atoms with Crippen molar-refractivity contribution in [2.45, 2.75) is 19.9 Å². The fourth-order valence-corrected chi connectivity index (χ4v) is 1.95. The molecule has 2 rings (SSSR count). The minimum atomic E-state index is -0.294. The van der Waals surface area contributed by atoms with Crippen molar-refractivity contribution in [2.75, 3.05) is 11.9 Å². The Balaban J connectivity index is 2.06. The molecule has 1 heterocycles. The molecule has 0 bridgehead atoms.